The van der Waals surface area contributed by atoms with Crippen molar-refractivity contribution < 1.29 is 37.5 Å². The first kappa shape index (κ1) is 45.3. The van der Waals surface area contributed by atoms with Gasteiger partial charge in [0.05, 0.1) is 45.3 Å². The quantitative estimate of drug-likeness (QED) is 0.0711. The number of aldehydes is 1. The SMILES string of the molecule is Cc1nn(C)c(C)c1-c1c(Cl)ccc2c(CCCOc3cccc4cc(F)ccc34)c(C=O)n(CCN3CCN(CC4CN(c5cc6c(cc5F)C(=O)N(C5CCC(=O)NC5=O)C6=O)C4)CC3)c12. The van der Waals surface area contributed by atoms with E-state index in [9.17, 15) is 28.4 Å². The fourth-order valence-electron chi connectivity index (χ4n) is 10.7. The van der Waals surface area contributed by atoms with Gasteiger partial charge in [-0.1, -0.05) is 29.8 Å². The molecule has 3 fully saturated rings. The lowest BCUT2D eigenvalue weighted by Gasteiger charge is -2.45. The molecule has 0 radical (unpaired) electrons. The van der Waals surface area contributed by atoms with Gasteiger partial charge < -0.3 is 19.1 Å². The van der Waals surface area contributed by atoms with Crippen LogP contribution in [-0.2, 0) is 29.6 Å². The zero-order chi connectivity index (χ0) is 47.5. The Kier molecular flexibility index (Phi) is 12.1. The van der Waals surface area contributed by atoms with Crippen molar-refractivity contribution in [2.45, 2.75) is 52.1 Å². The highest BCUT2D eigenvalue weighted by molar-refractivity contribution is 6.35. The number of carbonyl (C=O) groups is 5. The van der Waals surface area contributed by atoms with E-state index >= 15 is 4.39 Å². The highest BCUT2D eigenvalue weighted by Gasteiger charge is 2.46. The summed E-state index contributed by atoms with van der Waals surface area (Å²) < 4.78 is 39.7. The van der Waals surface area contributed by atoms with Crippen LogP contribution in [-0.4, -0.2) is 124 Å². The number of rotatable bonds is 14. The Labute approximate surface area is 396 Å². The molecule has 1 N–H and O–H groups in total. The summed E-state index contributed by atoms with van der Waals surface area (Å²) in [5.74, 6) is -2.52. The Balaban J connectivity index is 0.797. The van der Waals surface area contributed by atoms with Crippen LogP contribution < -0.4 is 15.0 Å². The van der Waals surface area contributed by atoms with Crippen LogP contribution in [0.15, 0.2) is 60.7 Å². The zero-order valence-electron chi connectivity index (χ0n) is 38.1. The summed E-state index contributed by atoms with van der Waals surface area (Å²) in [4.78, 5) is 71.5. The number of amides is 4. The smallest absolute Gasteiger partial charge is 0.262 e. The number of aryl methyl sites for hydroxylation is 3. The van der Waals surface area contributed by atoms with Crippen LogP contribution in [0.3, 0.4) is 0 Å². The minimum atomic E-state index is -1.12. The third kappa shape index (κ3) is 8.11. The molecule has 68 heavy (non-hydrogen) atoms. The van der Waals surface area contributed by atoms with E-state index in [4.69, 9.17) is 21.4 Å². The Morgan fingerprint density at radius 3 is 2.34 bits per heavy atom. The van der Waals surface area contributed by atoms with Crippen molar-refractivity contribution in [3.05, 3.63) is 111 Å². The van der Waals surface area contributed by atoms with Crippen molar-refractivity contribution in [1.82, 2.24) is 34.4 Å². The summed E-state index contributed by atoms with van der Waals surface area (Å²) in [6, 6.07) is 15.6. The van der Waals surface area contributed by atoms with Crippen LogP contribution in [0.2, 0.25) is 5.02 Å². The number of anilines is 1. The largest absolute Gasteiger partial charge is 0.493 e. The van der Waals surface area contributed by atoms with Gasteiger partial charge in [-0.3, -0.25) is 43.8 Å². The summed E-state index contributed by atoms with van der Waals surface area (Å²) in [6.45, 7) is 11.0. The van der Waals surface area contributed by atoms with E-state index in [-0.39, 0.29) is 41.4 Å². The molecule has 4 amide bonds. The maximum Gasteiger partial charge on any atom is 0.262 e. The minimum absolute atomic E-state index is 0.00457. The normalized spacial score (nSPS) is 18.2. The van der Waals surface area contributed by atoms with Gasteiger partial charge in [-0.15, -0.1) is 0 Å². The highest BCUT2D eigenvalue weighted by Crippen LogP contribution is 2.42. The lowest BCUT2D eigenvalue weighted by molar-refractivity contribution is -0.136. The van der Waals surface area contributed by atoms with E-state index in [1.165, 1.54) is 18.2 Å². The Hall–Kier alpha value is -6.49. The topological polar surface area (TPSA) is 142 Å². The highest BCUT2D eigenvalue weighted by atomic mass is 35.5. The number of aromatic nitrogens is 3. The molecule has 10 rings (SSSR count). The second-order valence-corrected chi connectivity index (χ2v) is 18.8. The number of carbonyl (C=O) groups excluding carboxylic acids is 5. The van der Waals surface area contributed by atoms with E-state index < -0.39 is 35.5 Å². The Morgan fingerprint density at radius 1 is 0.882 bits per heavy atom. The third-order valence-corrected chi connectivity index (χ3v) is 14.6. The van der Waals surface area contributed by atoms with Gasteiger partial charge >= 0.3 is 0 Å². The standard InChI is InChI=1S/C51H51ClF2N8O6/c1-29-46(30(2)57(3)56-29)47-39(52)12-11-36-35(7-5-21-68-44-8-4-6-32-22-33(53)9-10-34(32)44)43(28-63)61(48(36)47)20-19-58-15-17-59(18-16-58)25-31-26-60(27-31)42-24-38-37(23-40(42)54)50(66)62(51(38)67)41-13-14-45(64)55-49(41)65/h4,6,8-12,22-24,28,31,41H,5,7,13-21,25-27H2,1-3H3,(H,55,64,65). The van der Waals surface area contributed by atoms with Gasteiger partial charge in [-0.05, 0) is 86.5 Å². The fourth-order valence-corrected chi connectivity index (χ4v) is 10.9. The lowest BCUT2D eigenvalue weighted by atomic mass is 9.96. The van der Waals surface area contributed by atoms with Crippen molar-refractivity contribution in [2.75, 3.05) is 63.9 Å². The van der Waals surface area contributed by atoms with Gasteiger partial charge in [0, 0.05) is 106 Å². The van der Waals surface area contributed by atoms with Crippen molar-refractivity contribution in [3.8, 4) is 16.9 Å². The van der Waals surface area contributed by atoms with Gasteiger partial charge in [-0.2, -0.15) is 5.10 Å². The molecular weight excluding hydrogens is 894 g/mol. The summed E-state index contributed by atoms with van der Waals surface area (Å²) in [5, 5.41) is 10.0. The molecule has 4 aliphatic heterocycles. The van der Waals surface area contributed by atoms with Crippen LogP contribution >= 0.6 is 11.6 Å². The maximum absolute atomic E-state index is 15.5. The molecule has 14 nitrogen and oxygen atoms in total. The summed E-state index contributed by atoms with van der Waals surface area (Å²) in [7, 11) is 1.91. The molecule has 6 aromatic rings. The molecule has 2 aromatic heterocycles. The van der Waals surface area contributed by atoms with Gasteiger partial charge in [-0.25, -0.2) is 8.78 Å². The molecule has 4 aliphatic rings. The number of fused-ring (bicyclic) bond motifs is 3. The van der Waals surface area contributed by atoms with Crippen molar-refractivity contribution in [2.24, 2.45) is 13.0 Å². The fraction of sp³-hybridized carbons (Fsp3) is 0.373. The molecule has 17 heteroatoms. The molecule has 0 bridgehead atoms. The van der Waals surface area contributed by atoms with Crippen LogP contribution in [0, 0.1) is 31.4 Å². The molecule has 4 aromatic carbocycles. The van der Waals surface area contributed by atoms with Crippen molar-refractivity contribution in [1.29, 1.82) is 0 Å². The predicted octanol–water partition coefficient (Wildman–Crippen LogP) is 6.72. The number of halogens is 3. The van der Waals surface area contributed by atoms with Gasteiger partial charge in [0.1, 0.15) is 23.4 Å². The molecule has 1 atom stereocenters. The predicted molar refractivity (Wildman–Crippen MR) is 253 cm³/mol. The Morgan fingerprint density at radius 2 is 1.62 bits per heavy atom. The van der Waals surface area contributed by atoms with Gasteiger partial charge in [0.15, 0.2) is 6.29 Å². The van der Waals surface area contributed by atoms with E-state index in [2.05, 4.69) is 19.7 Å². The summed E-state index contributed by atoms with van der Waals surface area (Å²) >= 11 is 7.10. The first-order valence-electron chi connectivity index (χ1n) is 23.1. The van der Waals surface area contributed by atoms with Crippen LogP contribution in [0.25, 0.3) is 32.8 Å². The molecule has 6 heterocycles. The zero-order valence-corrected chi connectivity index (χ0v) is 38.9. The summed E-state index contributed by atoms with van der Waals surface area (Å²) in [6.07, 6.45) is 2.21. The number of piperidine rings is 1. The van der Waals surface area contributed by atoms with E-state index in [0.29, 0.717) is 62.1 Å². The number of piperazine rings is 1. The van der Waals surface area contributed by atoms with E-state index in [1.807, 2.05) is 60.8 Å². The molecule has 0 saturated carbocycles. The average Bonchev–Trinajstić information content (AvgIpc) is 3.84. The van der Waals surface area contributed by atoms with Crippen LogP contribution in [0.4, 0.5) is 14.5 Å². The monoisotopic (exact) mass is 944 g/mol. The number of hydrogen-bond acceptors (Lipinski definition) is 10. The Bertz CT molecular complexity index is 3060. The van der Waals surface area contributed by atoms with Crippen molar-refractivity contribution >= 4 is 68.9 Å². The number of hydrogen-bond donors (Lipinski definition) is 1. The van der Waals surface area contributed by atoms with Gasteiger partial charge in [0.25, 0.3) is 11.8 Å². The first-order chi connectivity index (χ1) is 32.8. The van der Waals surface area contributed by atoms with Crippen LogP contribution in [0.5, 0.6) is 5.75 Å². The second kappa shape index (κ2) is 18.2. The third-order valence-electron chi connectivity index (χ3n) is 14.3. The number of nitrogens with zero attached hydrogens (tertiary/aromatic N) is 7. The number of benzene rings is 4. The minimum Gasteiger partial charge on any atom is -0.493 e. The molecule has 0 spiro atoms. The van der Waals surface area contributed by atoms with Crippen LogP contribution in [0.1, 0.15) is 67.4 Å². The van der Waals surface area contributed by atoms with E-state index in [1.54, 1.807) is 6.07 Å². The lowest BCUT2D eigenvalue weighted by Crippen LogP contribution is -2.55. The average molecular weight is 945 g/mol. The van der Waals surface area contributed by atoms with Crippen molar-refractivity contribution in [3.63, 3.8) is 0 Å². The molecule has 1 unspecified atom stereocenters. The number of imide groups is 2. The number of ether oxygens (including phenoxy) is 1. The number of nitrogens with one attached hydrogen (secondary N) is 1. The van der Waals surface area contributed by atoms with E-state index in [0.717, 1.165) is 99.7 Å². The maximum atomic E-state index is 15.5. The molecule has 352 valence electrons. The first-order valence-corrected chi connectivity index (χ1v) is 23.5. The molecular formula is C51H51ClF2N8O6. The van der Waals surface area contributed by atoms with Gasteiger partial charge in [0.2, 0.25) is 11.8 Å². The molecule has 0 aliphatic carbocycles. The molecule has 3 saturated heterocycles. The second-order valence-electron chi connectivity index (χ2n) is 18.4. The summed E-state index contributed by atoms with van der Waals surface area (Å²) in [5.41, 5.74) is 6.30.